The third-order valence-corrected chi connectivity index (χ3v) is 5.63. The summed E-state index contributed by atoms with van der Waals surface area (Å²) in [6.07, 6.45) is 8.26. The highest BCUT2D eigenvalue weighted by molar-refractivity contribution is 4.87. The van der Waals surface area contributed by atoms with Crippen molar-refractivity contribution in [3.05, 3.63) is 0 Å². The van der Waals surface area contributed by atoms with Crippen LogP contribution in [0.2, 0.25) is 0 Å². The summed E-state index contributed by atoms with van der Waals surface area (Å²) in [4.78, 5) is 5.23. The highest BCUT2D eigenvalue weighted by Gasteiger charge is 2.30. The van der Waals surface area contributed by atoms with Gasteiger partial charge in [0.25, 0.3) is 0 Å². The van der Waals surface area contributed by atoms with E-state index in [9.17, 15) is 0 Å². The van der Waals surface area contributed by atoms with Crippen LogP contribution < -0.4 is 5.32 Å². The summed E-state index contributed by atoms with van der Waals surface area (Å²) in [7, 11) is 2.27. The van der Waals surface area contributed by atoms with Crippen LogP contribution in [-0.2, 0) is 0 Å². The van der Waals surface area contributed by atoms with Gasteiger partial charge in [0.2, 0.25) is 0 Å². The van der Waals surface area contributed by atoms with Crippen molar-refractivity contribution in [1.29, 1.82) is 0 Å². The minimum atomic E-state index is 0.772. The predicted octanol–water partition coefficient (Wildman–Crippen LogP) is 2.82. The maximum Gasteiger partial charge on any atom is 0.0109 e. The maximum absolute atomic E-state index is 3.84. The molecule has 3 heteroatoms. The second-order valence-corrected chi connectivity index (χ2v) is 7.37. The fraction of sp³-hybridized carbons (Fsp3) is 1.00. The Morgan fingerprint density at radius 3 is 2.67 bits per heavy atom. The molecule has 0 spiro atoms. The fourth-order valence-electron chi connectivity index (χ4n) is 4.15. The molecule has 1 aliphatic carbocycles. The first kappa shape index (κ1) is 17.2. The van der Waals surface area contributed by atoms with E-state index in [1.54, 1.807) is 0 Å². The standard InChI is InChI=1S/C18H37N3/c1-4-9-19-18-8-7-16(5-2)14-17(18)15-21-11-6-10-20(3)12-13-21/h16-19H,4-15H2,1-3H3. The molecule has 2 fully saturated rings. The normalized spacial score (nSPS) is 33.0. The summed E-state index contributed by atoms with van der Waals surface area (Å²) in [5, 5.41) is 3.84. The van der Waals surface area contributed by atoms with E-state index in [0.717, 1.165) is 17.9 Å². The molecule has 124 valence electrons. The molecule has 0 radical (unpaired) electrons. The Bertz CT molecular complexity index is 282. The Hall–Kier alpha value is -0.120. The lowest BCUT2D eigenvalue weighted by Crippen LogP contribution is -2.46. The average molecular weight is 296 g/mol. The number of hydrogen-bond donors (Lipinski definition) is 1. The Kier molecular flexibility index (Phi) is 7.48. The molecule has 1 N–H and O–H groups in total. The smallest absolute Gasteiger partial charge is 0.0109 e. The first-order chi connectivity index (χ1) is 10.2. The first-order valence-corrected chi connectivity index (χ1v) is 9.37. The lowest BCUT2D eigenvalue weighted by atomic mass is 9.76. The van der Waals surface area contributed by atoms with Crippen molar-refractivity contribution >= 4 is 0 Å². The molecule has 1 heterocycles. The Labute approximate surface area is 132 Å². The van der Waals surface area contributed by atoms with Crippen molar-refractivity contribution in [2.24, 2.45) is 11.8 Å². The van der Waals surface area contributed by atoms with Crippen molar-refractivity contribution in [2.45, 2.75) is 58.4 Å². The third kappa shape index (κ3) is 5.54. The molecule has 0 aromatic carbocycles. The topological polar surface area (TPSA) is 18.5 Å². The molecule has 1 saturated carbocycles. The summed E-state index contributed by atoms with van der Waals surface area (Å²) < 4.78 is 0. The van der Waals surface area contributed by atoms with Gasteiger partial charge in [-0.3, -0.25) is 0 Å². The number of nitrogens with zero attached hydrogens (tertiary/aromatic N) is 2. The van der Waals surface area contributed by atoms with E-state index < -0.39 is 0 Å². The Balaban J connectivity index is 1.88. The maximum atomic E-state index is 3.84. The van der Waals surface area contributed by atoms with Gasteiger partial charge in [-0.1, -0.05) is 20.3 Å². The van der Waals surface area contributed by atoms with Crippen LogP contribution in [0.25, 0.3) is 0 Å². The SMILES string of the molecule is CCCNC1CCC(CC)CC1CN1CCCN(C)CC1. The summed E-state index contributed by atoms with van der Waals surface area (Å²) in [5.41, 5.74) is 0. The molecular weight excluding hydrogens is 258 g/mol. The molecule has 0 aromatic rings. The van der Waals surface area contributed by atoms with Crippen molar-refractivity contribution in [3.8, 4) is 0 Å². The molecule has 3 unspecified atom stereocenters. The quantitative estimate of drug-likeness (QED) is 0.813. The summed E-state index contributed by atoms with van der Waals surface area (Å²) >= 11 is 0. The molecular formula is C18H37N3. The van der Waals surface area contributed by atoms with E-state index in [0.29, 0.717) is 0 Å². The van der Waals surface area contributed by atoms with Crippen LogP contribution >= 0.6 is 0 Å². The zero-order valence-corrected chi connectivity index (χ0v) is 14.6. The monoisotopic (exact) mass is 295 g/mol. The summed E-state index contributed by atoms with van der Waals surface area (Å²) in [6, 6.07) is 0.772. The minimum Gasteiger partial charge on any atom is -0.314 e. The van der Waals surface area contributed by atoms with Crippen LogP contribution in [0.5, 0.6) is 0 Å². The predicted molar refractivity (Wildman–Crippen MR) is 91.8 cm³/mol. The third-order valence-electron chi connectivity index (χ3n) is 5.63. The van der Waals surface area contributed by atoms with E-state index in [-0.39, 0.29) is 0 Å². The second kappa shape index (κ2) is 9.12. The molecule has 3 atom stereocenters. The number of hydrogen-bond acceptors (Lipinski definition) is 3. The van der Waals surface area contributed by atoms with E-state index in [1.165, 1.54) is 77.8 Å². The highest BCUT2D eigenvalue weighted by Crippen LogP contribution is 2.32. The fourth-order valence-corrected chi connectivity index (χ4v) is 4.15. The number of rotatable bonds is 6. The van der Waals surface area contributed by atoms with Crippen LogP contribution in [0.4, 0.5) is 0 Å². The van der Waals surface area contributed by atoms with Crippen molar-refractivity contribution < 1.29 is 0 Å². The molecule has 0 bridgehead atoms. The van der Waals surface area contributed by atoms with Gasteiger partial charge in [0.1, 0.15) is 0 Å². The van der Waals surface area contributed by atoms with Crippen LogP contribution in [0, 0.1) is 11.8 Å². The minimum absolute atomic E-state index is 0.772. The molecule has 0 aromatic heterocycles. The first-order valence-electron chi connectivity index (χ1n) is 9.37. The van der Waals surface area contributed by atoms with Crippen LogP contribution in [0.15, 0.2) is 0 Å². The van der Waals surface area contributed by atoms with Gasteiger partial charge in [-0.15, -0.1) is 0 Å². The zero-order chi connectivity index (χ0) is 15.1. The summed E-state index contributed by atoms with van der Waals surface area (Å²) in [5.74, 6) is 1.85. The zero-order valence-electron chi connectivity index (χ0n) is 14.6. The van der Waals surface area contributed by atoms with Gasteiger partial charge in [-0.05, 0) is 70.6 Å². The summed E-state index contributed by atoms with van der Waals surface area (Å²) in [6.45, 7) is 12.3. The lowest BCUT2D eigenvalue weighted by Gasteiger charge is -2.39. The van der Waals surface area contributed by atoms with Gasteiger partial charge in [0, 0.05) is 25.7 Å². The van der Waals surface area contributed by atoms with Gasteiger partial charge >= 0.3 is 0 Å². The van der Waals surface area contributed by atoms with Crippen molar-refractivity contribution in [1.82, 2.24) is 15.1 Å². The van der Waals surface area contributed by atoms with Gasteiger partial charge in [-0.2, -0.15) is 0 Å². The largest absolute Gasteiger partial charge is 0.314 e. The Morgan fingerprint density at radius 1 is 1.05 bits per heavy atom. The van der Waals surface area contributed by atoms with Crippen LogP contribution in [0.3, 0.4) is 0 Å². The molecule has 21 heavy (non-hydrogen) atoms. The van der Waals surface area contributed by atoms with Gasteiger partial charge in [0.15, 0.2) is 0 Å². The molecule has 0 amide bonds. The lowest BCUT2D eigenvalue weighted by molar-refractivity contribution is 0.140. The van der Waals surface area contributed by atoms with Crippen molar-refractivity contribution in [3.63, 3.8) is 0 Å². The highest BCUT2D eigenvalue weighted by atomic mass is 15.2. The number of likely N-dealkylation sites (N-methyl/N-ethyl adjacent to an activating group) is 1. The molecule has 2 aliphatic rings. The molecule has 1 saturated heterocycles. The molecule has 1 aliphatic heterocycles. The average Bonchev–Trinajstić information content (AvgIpc) is 2.70. The Morgan fingerprint density at radius 2 is 1.90 bits per heavy atom. The van der Waals surface area contributed by atoms with Gasteiger partial charge in [0.05, 0.1) is 0 Å². The van der Waals surface area contributed by atoms with E-state index in [2.05, 4.69) is 36.0 Å². The van der Waals surface area contributed by atoms with Crippen LogP contribution in [0.1, 0.15) is 52.4 Å². The molecule has 3 nitrogen and oxygen atoms in total. The van der Waals surface area contributed by atoms with Gasteiger partial charge in [-0.25, -0.2) is 0 Å². The number of nitrogens with one attached hydrogen (secondary N) is 1. The second-order valence-electron chi connectivity index (χ2n) is 7.37. The molecule has 2 rings (SSSR count). The van der Waals surface area contributed by atoms with E-state index in [1.807, 2.05) is 0 Å². The van der Waals surface area contributed by atoms with Gasteiger partial charge < -0.3 is 15.1 Å². The van der Waals surface area contributed by atoms with E-state index >= 15 is 0 Å². The van der Waals surface area contributed by atoms with E-state index in [4.69, 9.17) is 0 Å². The van der Waals surface area contributed by atoms with Crippen LogP contribution in [-0.4, -0.2) is 62.2 Å². The van der Waals surface area contributed by atoms with Crippen molar-refractivity contribution in [2.75, 3.05) is 46.3 Å².